The van der Waals surface area contributed by atoms with Gasteiger partial charge in [-0.05, 0) is 52.9 Å². The molecule has 1 aliphatic rings. The molecule has 0 aromatic heterocycles. The highest BCUT2D eigenvalue weighted by Gasteiger charge is 2.47. The molecule has 3 atom stereocenters. The summed E-state index contributed by atoms with van der Waals surface area (Å²) in [7, 11) is 0. The molecule has 0 aliphatic carbocycles. The van der Waals surface area contributed by atoms with Crippen LogP contribution in [0.3, 0.4) is 0 Å². The zero-order chi connectivity index (χ0) is 14.1. The van der Waals surface area contributed by atoms with Gasteiger partial charge in [0.05, 0.1) is 12.2 Å². The maximum Gasteiger partial charge on any atom is 0.0615 e. The van der Waals surface area contributed by atoms with E-state index in [0.29, 0.717) is 5.92 Å². The lowest BCUT2D eigenvalue weighted by Gasteiger charge is -2.53. The topological polar surface area (TPSA) is 32.7 Å². The Balaban J connectivity index is 2.79. The average molecular weight is 257 g/mol. The van der Waals surface area contributed by atoms with Crippen LogP contribution >= 0.6 is 0 Å². The van der Waals surface area contributed by atoms with Crippen LogP contribution in [0, 0.1) is 5.92 Å². The molecule has 0 aromatic rings. The van der Waals surface area contributed by atoms with Crippen LogP contribution in [0.4, 0.5) is 0 Å². The third kappa shape index (κ3) is 3.25. The number of hydroxylamine groups is 2. The van der Waals surface area contributed by atoms with Crippen molar-refractivity contribution in [2.45, 2.75) is 91.0 Å². The van der Waals surface area contributed by atoms with Gasteiger partial charge in [-0.25, -0.2) is 0 Å². The van der Waals surface area contributed by atoms with E-state index in [1.54, 1.807) is 5.06 Å². The number of rotatable bonds is 4. The van der Waals surface area contributed by atoms with E-state index in [0.717, 1.165) is 19.3 Å². The molecule has 3 nitrogen and oxygen atoms in total. The second-order valence-corrected chi connectivity index (χ2v) is 7.09. The molecule has 18 heavy (non-hydrogen) atoms. The Bertz CT molecular complexity index is 278. The summed E-state index contributed by atoms with van der Waals surface area (Å²) >= 11 is 0. The fourth-order valence-corrected chi connectivity index (χ4v) is 2.87. The van der Waals surface area contributed by atoms with E-state index in [-0.39, 0.29) is 23.3 Å². The molecule has 0 bridgehead atoms. The van der Waals surface area contributed by atoms with Crippen molar-refractivity contribution in [1.29, 1.82) is 0 Å². The Hall–Kier alpha value is -0.120. The van der Waals surface area contributed by atoms with Crippen molar-refractivity contribution < 1.29 is 9.94 Å². The quantitative estimate of drug-likeness (QED) is 0.830. The molecule has 0 saturated carbocycles. The Morgan fingerprint density at radius 3 is 2.22 bits per heavy atom. The molecule has 108 valence electrons. The van der Waals surface area contributed by atoms with E-state index < -0.39 is 0 Å². The molecule has 1 heterocycles. The second kappa shape index (κ2) is 5.48. The van der Waals surface area contributed by atoms with Gasteiger partial charge in [-0.3, -0.25) is 0 Å². The third-order valence-corrected chi connectivity index (χ3v) is 4.59. The van der Waals surface area contributed by atoms with E-state index in [1.165, 1.54) is 0 Å². The first-order valence-corrected chi connectivity index (χ1v) is 7.27. The monoisotopic (exact) mass is 257 g/mol. The molecule has 3 heteroatoms. The van der Waals surface area contributed by atoms with Crippen molar-refractivity contribution in [3.8, 4) is 0 Å². The summed E-state index contributed by atoms with van der Waals surface area (Å²) in [5.41, 5.74) is -0.395. The summed E-state index contributed by atoms with van der Waals surface area (Å²) in [5, 5.41) is 12.0. The average Bonchev–Trinajstić information content (AvgIpc) is 2.25. The normalized spacial score (nSPS) is 34.8. The largest absolute Gasteiger partial charge is 0.375 e. The number of ether oxygens (including phenoxy) is 1. The van der Waals surface area contributed by atoms with E-state index in [4.69, 9.17) is 4.74 Å². The highest BCUT2D eigenvalue weighted by Crippen LogP contribution is 2.40. The first-order chi connectivity index (χ1) is 8.12. The van der Waals surface area contributed by atoms with E-state index >= 15 is 0 Å². The Morgan fingerprint density at radius 1 is 1.22 bits per heavy atom. The fraction of sp³-hybridized carbons (Fsp3) is 1.00. The van der Waals surface area contributed by atoms with Gasteiger partial charge in [0.1, 0.15) is 0 Å². The highest BCUT2D eigenvalue weighted by molar-refractivity contribution is 4.98. The lowest BCUT2D eigenvalue weighted by Crippen LogP contribution is -2.62. The summed E-state index contributed by atoms with van der Waals surface area (Å²) < 4.78 is 6.20. The van der Waals surface area contributed by atoms with Crippen LogP contribution in [0.25, 0.3) is 0 Å². The molecular formula is C15H31NO2. The maximum absolute atomic E-state index is 10.4. The molecule has 0 radical (unpaired) electrons. The van der Waals surface area contributed by atoms with Crippen LogP contribution in [0.2, 0.25) is 0 Å². The van der Waals surface area contributed by atoms with Crippen molar-refractivity contribution >= 4 is 0 Å². The van der Waals surface area contributed by atoms with Crippen LogP contribution < -0.4 is 0 Å². The molecule has 0 spiro atoms. The van der Waals surface area contributed by atoms with Crippen molar-refractivity contribution in [2.24, 2.45) is 5.92 Å². The lowest BCUT2D eigenvalue weighted by atomic mass is 9.78. The molecule has 1 fully saturated rings. The third-order valence-electron chi connectivity index (χ3n) is 4.59. The predicted molar refractivity (Wildman–Crippen MR) is 74.8 cm³/mol. The van der Waals surface area contributed by atoms with Gasteiger partial charge in [0, 0.05) is 11.1 Å². The zero-order valence-electron chi connectivity index (χ0n) is 13.2. The molecule has 0 amide bonds. The molecule has 1 rings (SSSR count). The minimum atomic E-state index is -0.218. The van der Waals surface area contributed by atoms with Crippen LogP contribution in [-0.4, -0.2) is 33.6 Å². The van der Waals surface area contributed by atoms with Crippen molar-refractivity contribution in [1.82, 2.24) is 5.06 Å². The van der Waals surface area contributed by atoms with Crippen LogP contribution in [0.1, 0.15) is 67.7 Å². The van der Waals surface area contributed by atoms with Gasteiger partial charge in [-0.1, -0.05) is 20.8 Å². The van der Waals surface area contributed by atoms with Crippen LogP contribution in [-0.2, 0) is 4.74 Å². The first kappa shape index (κ1) is 15.9. The van der Waals surface area contributed by atoms with Gasteiger partial charge in [0.2, 0.25) is 0 Å². The number of nitrogens with zero attached hydrogens (tertiary/aromatic N) is 1. The summed E-state index contributed by atoms with van der Waals surface area (Å²) in [4.78, 5) is 0. The maximum atomic E-state index is 10.4. The molecule has 1 aliphatic heterocycles. The van der Waals surface area contributed by atoms with Gasteiger partial charge in [-0.2, -0.15) is 5.06 Å². The number of hydrogen-bond acceptors (Lipinski definition) is 3. The summed E-state index contributed by atoms with van der Waals surface area (Å²) in [6.45, 7) is 15.0. The Morgan fingerprint density at radius 2 is 1.78 bits per heavy atom. The zero-order valence-corrected chi connectivity index (χ0v) is 13.2. The summed E-state index contributed by atoms with van der Waals surface area (Å²) in [5.74, 6) is 0.535. The molecule has 3 unspecified atom stereocenters. The molecule has 1 N–H and O–H groups in total. The van der Waals surface area contributed by atoms with Gasteiger partial charge in [-0.15, -0.1) is 0 Å². The van der Waals surface area contributed by atoms with Gasteiger partial charge < -0.3 is 9.94 Å². The Labute approximate surface area is 112 Å². The van der Waals surface area contributed by atoms with Crippen molar-refractivity contribution in [3.05, 3.63) is 0 Å². The fourth-order valence-electron chi connectivity index (χ4n) is 2.87. The van der Waals surface area contributed by atoms with E-state index in [1.807, 2.05) is 0 Å². The second-order valence-electron chi connectivity index (χ2n) is 7.09. The highest BCUT2D eigenvalue weighted by atomic mass is 16.5. The lowest BCUT2D eigenvalue weighted by molar-refractivity contribution is -0.270. The number of hydrogen-bond donors (Lipinski definition) is 1. The Kier molecular flexibility index (Phi) is 4.85. The van der Waals surface area contributed by atoms with E-state index in [2.05, 4.69) is 48.5 Å². The van der Waals surface area contributed by atoms with E-state index in [9.17, 15) is 5.21 Å². The van der Waals surface area contributed by atoms with Crippen LogP contribution in [0.15, 0.2) is 0 Å². The molecule has 0 aromatic carbocycles. The van der Waals surface area contributed by atoms with Gasteiger partial charge in [0.15, 0.2) is 0 Å². The van der Waals surface area contributed by atoms with Crippen molar-refractivity contribution in [3.63, 3.8) is 0 Å². The van der Waals surface area contributed by atoms with Gasteiger partial charge in [0.25, 0.3) is 0 Å². The summed E-state index contributed by atoms with van der Waals surface area (Å²) in [6, 6.07) is 0. The first-order valence-electron chi connectivity index (χ1n) is 7.27. The molecule has 1 saturated heterocycles. The number of piperidine rings is 1. The predicted octanol–water partition coefficient (Wildman–Crippen LogP) is 3.85. The smallest absolute Gasteiger partial charge is 0.0615 e. The SMILES string of the molecule is CCC1(C)CC(OC(C)C(C)C)CC(C)(C)N1O. The van der Waals surface area contributed by atoms with Crippen LogP contribution in [0.5, 0.6) is 0 Å². The standard InChI is InChI=1S/C15H31NO2/c1-8-15(7)10-13(18-12(4)11(2)3)9-14(5,6)16(15)17/h11-13,17H,8-10H2,1-7H3. The van der Waals surface area contributed by atoms with Crippen molar-refractivity contribution in [2.75, 3.05) is 0 Å². The minimum Gasteiger partial charge on any atom is -0.375 e. The molecular weight excluding hydrogens is 226 g/mol. The summed E-state index contributed by atoms with van der Waals surface area (Å²) in [6.07, 6.45) is 3.24. The minimum absolute atomic E-state index is 0.177. The van der Waals surface area contributed by atoms with Gasteiger partial charge >= 0.3 is 0 Å².